The fourth-order valence-electron chi connectivity index (χ4n) is 3.31. The molecule has 0 aliphatic carbocycles. The van der Waals surface area contributed by atoms with Crippen LogP contribution in [0.5, 0.6) is 5.75 Å². The van der Waals surface area contributed by atoms with E-state index in [1.165, 1.54) is 11.3 Å². The molecular weight excluding hydrogens is 400 g/mol. The first-order valence-electron chi connectivity index (χ1n) is 9.40. The fourth-order valence-corrected chi connectivity index (χ4v) is 4.10. The second-order valence-electron chi connectivity index (χ2n) is 6.85. The fraction of sp³-hybridized carbons (Fsp3) is 0.174. The van der Waals surface area contributed by atoms with Crippen LogP contribution < -0.4 is 4.74 Å². The van der Waals surface area contributed by atoms with Crippen molar-refractivity contribution in [3.8, 4) is 16.3 Å². The summed E-state index contributed by atoms with van der Waals surface area (Å²) in [5.74, 6) is -0.122. The van der Waals surface area contributed by atoms with E-state index < -0.39 is 12.1 Å². The second kappa shape index (κ2) is 8.12. The summed E-state index contributed by atoms with van der Waals surface area (Å²) >= 11 is 1.34. The number of benzene rings is 2. The van der Waals surface area contributed by atoms with Crippen LogP contribution in [0.1, 0.15) is 33.5 Å². The number of nitrogens with one attached hydrogen (secondary N) is 1. The molecule has 4 aromatic rings. The number of H-pyrrole nitrogens is 1. The Morgan fingerprint density at radius 2 is 1.83 bits per heavy atom. The van der Waals surface area contributed by atoms with Crippen LogP contribution in [-0.4, -0.2) is 34.9 Å². The van der Waals surface area contributed by atoms with Gasteiger partial charge in [0.15, 0.2) is 11.8 Å². The molecule has 0 fully saturated rings. The maximum atomic E-state index is 13.0. The van der Waals surface area contributed by atoms with Crippen LogP contribution in [0.4, 0.5) is 0 Å². The van der Waals surface area contributed by atoms with E-state index in [1.807, 2.05) is 55.5 Å². The lowest BCUT2D eigenvalue weighted by Gasteiger charge is -2.11. The Balaban J connectivity index is 1.50. The summed E-state index contributed by atoms with van der Waals surface area (Å²) in [6, 6.07) is 15.0. The highest BCUT2D eigenvalue weighted by atomic mass is 32.1. The topological polar surface area (TPSA) is 81.3 Å². The molecule has 30 heavy (non-hydrogen) atoms. The van der Waals surface area contributed by atoms with Gasteiger partial charge in [-0.25, -0.2) is 9.78 Å². The number of aromatic amines is 1. The van der Waals surface area contributed by atoms with Crippen molar-refractivity contribution < 1.29 is 19.1 Å². The number of aryl methyl sites for hydroxylation is 1. The van der Waals surface area contributed by atoms with Gasteiger partial charge in [-0.3, -0.25) is 4.79 Å². The number of nitrogens with zero attached hydrogens (tertiary/aromatic N) is 1. The minimum atomic E-state index is -0.929. The minimum Gasteiger partial charge on any atom is -0.497 e. The first-order chi connectivity index (χ1) is 14.5. The number of Topliss-reactive ketones (excluding diaryl/α,β-unsaturated/α-hetero) is 1. The summed E-state index contributed by atoms with van der Waals surface area (Å²) in [6.45, 7) is 3.42. The zero-order valence-corrected chi connectivity index (χ0v) is 17.6. The van der Waals surface area contributed by atoms with Gasteiger partial charge in [0.25, 0.3) is 0 Å². The number of ether oxygens (including phenoxy) is 2. The maximum absolute atomic E-state index is 13.0. The van der Waals surface area contributed by atoms with E-state index >= 15 is 0 Å². The summed E-state index contributed by atoms with van der Waals surface area (Å²) in [5.41, 5.74) is 3.22. The molecule has 2 heterocycles. The molecule has 4 rings (SSSR count). The summed E-state index contributed by atoms with van der Waals surface area (Å²) in [6.07, 6.45) is -0.929. The maximum Gasteiger partial charge on any atom is 0.358 e. The quantitative estimate of drug-likeness (QED) is 0.349. The molecule has 1 unspecified atom stereocenters. The minimum absolute atomic E-state index is 0.182. The smallest absolute Gasteiger partial charge is 0.358 e. The first kappa shape index (κ1) is 19.8. The molecule has 2 aromatic carbocycles. The first-order valence-corrected chi connectivity index (χ1v) is 10.3. The summed E-state index contributed by atoms with van der Waals surface area (Å²) in [7, 11) is 1.60. The second-order valence-corrected chi connectivity index (χ2v) is 7.71. The lowest BCUT2D eigenvalue weighted by atomic mass is 10.0. The summed E-state index contributed by atoms with van der Waals surface area (Å²) in [4.78, 5) is 33.1. The van der Waals surface area contributed by atoms with Gasteiger partial charge in [-0.05, 0) is 44.2 Å². The lowest BCUT2D eigenvalue weighted by Crippen LogP contribution is -2.25. The standard InChI is InChI=1S/C23H20N2O4S/c1-13-20(17-6-4-5-7-18(17)24-13)21(26)14(2)29-23(27)19-12-30-22(25-19)15-8-10-16(28-3)11-9-15/h4-12,14,24H,1-3H3. The SMILES string of the molecule is COc1ccc(-c2nc(C(=O)OC(C)C(=O)c3c(C)[nH]c4ccccc34)cs2)cc1. The van der Waals surface area contributed by atoms with Gasteiger partial charge in [-0.2, -0.15) is 0 Å². The molecule has 0 bridgehead atoms. The molecule has 0 amide bonds. The number of fused-ring (bicyclic) bond motifs is 1. The number of methoxy groups -OCH3 is 1. The number of aromatic nitrogens is 2. The third kappa shape index (κ3) is 3.71. The molecule has 1 N–H and O–H groups in total. The number of carbonyl (C=O) groups excluding carboxylic acids is 2. The van der Waals surface area contributed by atoms with Crippen LogP contribution in [0, 0.1) is 6.92 Å². The monoisotopic (exact) mass is 420 g/mol. The van der Waals surface area contributed by atoms with Crippen molar-refractivity contribution >= 4 is 34.0 Å². The average molecular weight is 420 g/mol. The van der Waals surface area contributed by atoms with Gasteiger partial charge < -0.3 is 14.5 Å². The molecule has 0 aliphatic rings. The number of para-hydroxylation sites is 1. The van der Waals surface area contributed by atoms with Crippen LogP contribution in [0.15, 0.2) is 53.9 Å². The van der Waals surface area contributed by atoms with E-state index in [4.69, 9.17) is 9.47 Å². The van der Waals surface area contributed by atoms with Crippen molar-refractivity contribution in [2.45, 2.75) is 20.0 Å². The van der Waals surface area contributed by atoms with Crippen molar-refractivity contribution in [1.82, 2.24) is 9.97 Å². The van der Waals surface area contributed by atoms with E-state index in [1.54, 1.807) is 19.4 Å². The molecule has 1 atom stereocenters. The average Bonchev–Trinajstić information content (AvgIpc) is 3.37. The van der Waals surface area contributed by atoms with Crippen LogP contribution in [0.25, 0.3) is 21.5 Å². The summed E-state index contributed by atoms with van der Waals surface area (Å²) < 4.78 is 10.6. The van der Waals surface area contributed by atoms with E-state index in [0.29, 0.717) is 10.6 Å². The predicted octanol–water partition coefficient (Wildman–Crippen LogP) is 5.04. The predicted molar refractivity (Wildman–Crippen MR) is 116 cm³/mol. The number of rotatable bonds is 6. The molecule has 152 valence electrons. The van der Waals surface area contributed by atoms with Gasteiger partial charge in [0.2, 0.25) is 5.78 Å². The number of ketones is 1. The molecule has 0 spiro atoms. The van der Waals surface area contributed by atoms with Crippen LogP contribution in [-0.2, 0) is 4.74 Å². The van der Waals surface area contributed by atoms with Crippen molar-refractivity contribution in [1.29, 1.82) is 0 Å². The Bertz CT molecular complexity index is 1220. The molecule has 0 saturated carbocycles. The van der Waals surface area contributed by atoms with Gasteiger partial charge >= 0.3 is 5.97 Å². The van der Waals surface area contributed by atoms with Crippen molar-refractivity contribution in [2.24, 2.45) is 0 Å². The number of carbonyl (C=O) groups is 2. The number of thiazole rings is 1. The molecule has 6 nitrogen and oxygen atoms in total. The Hall–Kier alpha value is -3.45. The summed E-state index contributed by atoms with van der Waals surface area (Å²) in [5, 5.41) is 3.14. The van der Waals surface area contributed by atoms with E-state index in [-0.39, 0.29) is 11.5 Å². The van der Waals surface area contributed by atoms with E-state index in [0.717, 1.165) is 27.9 Å². The Morgan fingerprint density at radius 3 is 2.57 bits per heavy atom. The number of hydrogen-bond acceptors (Lipinski definition) is 6. The lowest BCUT2D eigenvalue weighted by molar-refractivity contribution is 0.0314. The van der Waals surface area contributed by atoms with Gasteiger partial charge in [0.1, 0.15) is 10.8 Å². The normalized spacial score (nSPS) is 12.0. The zero-order chi connectivity index (χ0) is 21.3. The molecule has 0 radical (unpaired) electrons. The van der Waals surface area contributed by atoms with Crippen molar-refractivity contribution in [2.75, 3.05) is 7.11 Å². The highest BCUT2D eigenvalue weighted by Crippen LogP contribution is 2.27. The number of esters is 1. The molecule has 0 saturated heterocycles. The Labute approximate surface area is 177 Å². The Kier molecular flexibility index (Phi) is 5.37. The van der Waals surface area contributed by atoms with Gasteiger partial charge in [-0.1, -0.05) is 18.2 Å². The number of hydrogen-bond donors (Lipinski definition) is 1. The third-order valence-electron chi connectivity index (χ3n) is 4.84. The largest absolute Gasteiger partial charge is 0.497 e. The highest BCUT2D eigenvalue weighted by Gasteiger charge is 2.25. The van der Waals surface area contributed by atoms with Crippen LogP contribution >= 0.6 is 11.3 Å². The molecule has 2 aromatic heterocycles. The van der Waals surface area contributed by atoms with Crippen molar-refractivity contribution in [3.63, 3.8) is 0 Å². The molecule has 0 aliphatic heterocycles. The molecular formula is C23H20N2O4S. The van der Waals surface area contributed by atoms with E-state index in [9.17, 15) is 9.59 Å². The van der Waals surface area contributed by atoms with Crippen LogP contribution in [0.3, 0.4) is 0 Å². The Morgan fingerprint density at radius 1 is 1.10 bits per heavy atom. The highest BCUT2D eigenvalue weighted by molar-refractivity contribution is 7.13. The molecule has 7 heteroatoms. The zero-order valence-electron chi connectivity index (χ0n) is 16.8. The van der Waals surface area contributed by atoms with Crippen molar-refractivity contribution in [3.05, 3.63) is 70.9 Å². The third-order valence-corrected chi connectivity index (χ3v) is 5.73. The van der Waals surface area contributed by atoms with E-state index in [2.05, 4.69) is 9.97 Å². The van der Waals surface area contributed by atoms with Gasteiger partial charge in [0, 0.05) is 33.1 Å². The van der Waals surface area contributed by atoms with Crippen LogP contribution in [0.2, 0.25) is 0 Å². The van der Waals surface area contributed by atoms with Gasteiger partial charge in [0.05, 0.1) is 7.11 Å². The van der Waals surface area contributed by atoms with Gasteiger partial charge in [-0.15, -0.1) is 11.3 Å².